The van der Waals surface area contributed by atoms with Crippen LogP contribution in [-0.2, 0) is 0 Å². The molecule has 2 aromatic carbocycles. The van der Waals surface area contributed by atoms with E-state index in [1.165, 1.54) is 11.0 Å². The maximum Gasteiger partial charge on any atom is 0.257 e. The monoisotopic (exact) mass is 280 g/mol. The summed E-state index contributed by atoms with van der Waals surface area (Å²) < 4.78 is 1.53. The molecule has 0 bridgehead atoms. The summed E-state index contributed by atoms with van der Waals surface area (Å²) in [7, 11) is 0. The van der Waals surface area contributed by atoms with Crippen molar-refractivity contribution in [3.63, 3.8) is 0 Å². The molecule has 3 aromatic rings. The summed E-state index contributed by atoms with van der Waals surface area (Å²) in [6.07, 6.45) is 1.50. The lowest BCUT2D eigenvalue weighted by atomic mass is 10.1. The van der Waals surface area contributed by atoms with E-state index in [1.54, 1.807) is 48.5 Å². The van der Waals surface area contributed by atoms with E-state index in [0.717, 1.165) is 5.69 Å². The van der Waals surface area contributed by atoms with Crippen LogP contribution in [0.15, 0.2) is 54.9 Å². The Hall–Kier alpha value is -3.22. The van der Waals surface area contributed by atoms with Gasteiger partial charge < -0.3 is 11.1 Å². The maximum absolute atomic E-state index is 12.1. The van der Waals surface area contributed by atoms with Gasteiger partial charge in [0, 0.05) is 11.4 Å². The molecule has 3 N–H and O–H groups in total. The number of carbonyl (C=O) groups excluding carboxylic acids is 1. The van der Waals surface area contributed by atoms with Crippen LogP contribution < -0.4 is 11.1 Å². The van der Waals surface area contributed by atoms with Gasteiger partial charge in [0.2, 0.25) is 0 Å². The average Bonchev–Trinajstić information content (AvgIpc) is 3.02. The summed E-state index contributed by atoms with van der Waals surface area (Å²) in [6.45, 7) is 0. The molecule has 1 aromatic heterocycles. The summed E-state index contributed by atoms with van der Waals surface area (Å²) in [5, 5.41) is 13.7. The van der Waals surface area contributed by atoms with Crippen LogP contribution in [0.4, 0.5) is 11.4 Å². The summed E-state index contributed by atoms with van der Waals surface area (Å²) in [5.41, 5.74) is 8.14. The SMILES string of the molecule is Nc1ccccc1C(=O)Nc1ccc(-n2cnnn2)cc1. The normalized spacial score (nSPS) is 10.3. The highest BCUT2D eigenvalue weighted by molar-refractivity contribution is 6.07. The number of hydrogen-bond donors (Lipinski definition) is 2. The number of para-hydroxylation sites is 1. The van der Waals surface area contributed by atoms with E-state index in [4.69, 9.17) is 5.73 Å². The Morgan fingerprint density at radius 1 is 1.10 bits per heavy atom. The van der Waals surface area contributed by atoms with Gasteiger partial charge in [-0.05, 0) is 46.8 Å². The first-order valence-electron chi connectivity index (χ1n) is 6.23. The molecule has 0 spiro atoms. The van der Waals surface area contributed by atoms with Gasteiger partial charge in [0.15, 0.2) is 0 Å². The van der Waals surface area contributed by atoms with Crippen molar-refractivity contribution in [3.8, 4) is 5.69 Å². The number of tetrazole rings is 1. The van der Waals surface area contributed by atoms with Gasteiger partial charge >= 0.3 is 0 Å². The fourth-order valence-electron chi connectivity index (χ4n) is 1.88. The van der Waals surface area contributed by atoms with Gasteiger partial charge in [0.05, 0.1) is 11.3 Å². The molecule has 0 aliphatic rings. The van der Waals surface area contributed by atoms with Gasteiger partial charge in [0.25, 0.3) is 5.91 Å². The fourth-order valence-corrected chi connectivity index (χ4v) is 1.88. The third kappa shape index (κ3) is 2.71. The number of nitrogens with two attached hydrogens (primary N) is 1. The molecule has 0 aliphatic heterocycles. The second-order valence-electron chi connectivity index (χ2n) is 4.34. The topological polar surface area (TPSA) is 98.7 Å². The number of benzene rings is 2. The van der Waals surface area contributed by atoms with Gasteiger partial charge in [-0.25, -0.2) is 4.68 Å². The van der Waals surface area contributed by atoms with E-state index >= 15 is 0 Å². The van der Waals surface area contributed by atoms with Gasteiger partial charge in [-0.2, -0.15) is 0 Å². The van der Waals surface area contributed by atoms with E-state index in [2.05, 4.69) is 20.8 Å². The Balaban J connectivity index is 1.77. The third-order valence-electron chi connectivity index (χ3n) is 2.94. The molecule has 0 saturated carbocycles. The zero-order chi connectivity index (χ0) is 14.7. The van der Waals surface area contributed by atoms with E-state index in [-0.39, 0.29) is 5.91 Å². The van der Waals surface area contributed by atoms with E-state index in [0.29, 0.717) is 16.9 Å². The Labute approximate surface area is 120 Å². The van der Waals surface area contributed by atoms with Gasteiger partial charge in [-0.15, -0.1) is 5.10 Å². The molecular weight excluding hydrogens is 268 g/mol. The van der Waals surface area contributed by atoms with E-state index in [9.17, 15) is 4.79 Å². The van der Waals surface area contributed by atoms with Gasteiger partial charge in [0.1, 0.15) is 6.33 Å². The van der Waals surface area contributed by atoms with Crippen LogP contribution in [0.2, 0.25) is 0 Å². The number of hydrogen-bond acceptors (Lipinski definition) is 5. The first kappa shape index (κ1) is 12.8. The lowest BCUT2D eigenvalue weighted by molar-refractivity contribution is 0.102. The lowest BCUT2D eigenvalue weighted by Gasteiger charge is -2.08. The van der Waals surface area contributed by atoms with Crippen molar-refractivity contribution in [2.24, 2.45) is 0 Å². The summed E-state index contributed by atoms with van der Waals surface area (Å²) in [4.78, 5) is 12.1. The standard InChI is InChI=1S/C14H12N6O/c15-13-4-2-1-3-12(13)14(21)17-10-5-7-11(8-6-10)20-9-16-18-19-20/h1-9H,15H2,(H,17,21). The number of amides is 1. The Kier molecular flexibility index (Phi) is 3.30. The minimum absolute atomic E-state index is 0.247. The Morgan fingerprint density at radius 3 is 2.52 bits per heavy atom. The van der Waals surface area contributed by atoms with Crippen LogP contribution >= 0.6 is 0 Å². The minimum Gasteiger partial charge on any atom is -0.398 e. The number of aromatic nitrogens is 4. The quantitative estimate of drug-likeness (QED) is 0.708. The predicted molar refractivity (Wildman–Crippen MR) is 78.0 cm³/mol. The molecule has 0 saturated heterocycles. The van der Waals surface area contributed by atoms with Crippen molar-refractivity contribution in [1.29, 1.82) is 0 Å². The third-order valence-corrected chi connectivity index (χ3v) is 2.94. The first-order chi connectivity index (χ1) is 10.2. The number of nitrogens with zero attached hydrogens (tertiary/aromatic N) is 4. The number of nitrogens with one attached hydrogen (secondary N) is 1. The number of anilines is 2. The summed E-state index contributed by atoms with van der Waals surface area (Å²) in [6, 6.07) is 14.1. The molecule has 0 fully saturated rings. The smallest absolute Gasteiger partial charge is 0.257 e. The summed E-state index contributed by atoms with van der Waals surface area (Å²) in [5.74, 6) is -0.247. The van der Waals surface area contributed by atoms with Gasteiger partial charge in [-0.3, -0.25) is 4.79 Å². The molecule has 21 heavy (non-hydrogen) atoms. The fraction of sp³-hybridized carbons (Fsp3) is 0. The molecule has 7 heteroatoms. The largest absolute Gasteiger partial charge is 0.398 e. The van der Waals surface area contributed by atoms with Crippen molar-refractivity contribution < 1.29 is 4.79 Å². The summed E-state index contributed by atoms with van der Waals surface area (Å²) >= 11 is 0. The minimum atomic E-state index is -0.247. The zero-order valence-corrected chi connectivity index (χ0v) is 11.0. The molecule has 0 radical (unpaired) electrons. The predicted octanol–water partition coefficient (Wildman–Crippen LogP) is 1.50. The number of carbonyl (C=O) groups is 1. The van der Waals surface area contributed by atoms with Crippen LogP contribution in [0.25, 0.3) is 5.69 Å². The van der Waals surface area contributed by atoms with Gasteiger partial charge in [-0.1, -0.05) is 12.1 Å². The highest BCUT2D eigenvalue weighted by Gasteiger charge is 2.09. The second kappa shape index (κ2) is 5.41. The molecule has 7 nitrogen and oxygen atoms in total. The van der Waals surface area contributed by atoms with Crippen molar-refractivity contribution in [3.05, 3.63) is 60.4 Å². The first-order valence-corrected chi connectivity index (χ1v) is 6.23. The number of nitrogen functional groups attached to an aromatic ring is 1. The molecule has 0 atom stereocenters. The van der Waals surface area contributed by atoms with Crippen LogP contribution in [0.1, 0.15) is 10.4 Å². The molecule has 3 rings (SSSR count). The maximum atomic E-state index is 12.1. The average molecular weight is 280 g/mol. The van der Waals surface area contributed by atoms with Crippen molar-refractivity contribution in [2.75, 3.05) is 11.1 Å². The van der Waals surface area contributed by atoms with Crippen LogP contribution in [0.5, 0.6) is 0 Å². The molecule has 0 aliphatic carbocycles. The lowest BCUT2D eigenvalue weighted by Crippen LogP contribution is -2.13. The van der Waals surface area contributed by atoms with Crippen molar-refractivity contribution in [2.45, 2.75) is 0 Å². The van der Waals surface area contributed by atoms with Crippen LogP contribution in [0.3, 0.4) is 0 Å². The Bertz CT molecular complexity index is 751. The molecule has 1 amide bonds. The van der Waals surface area contributed by atoms with Crippen molar-refractivity contribution in [1.82, 2.24) is 20.2 Å². The van der Waals surface area contributed by atoms with E-state index in [1.807, 2.05) is 0 Å². The number of rotatable bonds is 3. The van der Waals surface area contributed by atoms with Crippen molar-refractivity contribution >= 4 is 17.3 Å². The van der Waals surface area contributed by atoms with Crippen LogP contribution in [0, 0.1) is 0 Å². The van der Waals surface area contributed by atoms with E-state index < -0.39 is 0 Å². The molecule has 1 heterocycles. The van der Waals surface area contributed by atoms with Crippen LogP contribution in [-0.4, -0.2) is 26.1 Å². The second-order valence-corrected chi connectivity index (χ2v) is 4.34. The zero-order valence-electron chi connectivity index (χ0n) is 11.0. The molecule has 104 valence electrons. The highest BCUT2D eigenvalue weighted by Crippen LogP contribution is 2.16. The molecule has 0 unspecified atom stereocenters. The molecular formula is C14H12N6O. The Morgan fingerprint density at radius 2 is 1.86 bits per heavy atom. The highest BCUT2D eigenvalue weighted by atomic mass is 16.1.